The Morgan fingerprint density at radius 2 is 2.11 bits per heavy atom. The molecule has 0 radical (unpaired) electrons. The quantitative estimate of drug-likeness (QED) is 0.874. The molecular formula is C13H19ClN2O2S. The molecule has 1 unspecified atom stereocenters. The third-order valence-electron chi connectivity index (χ3n) is 3.78. The average Bonchev–Trinajstić information content (AvgIpc) is 3.16. The second-order valence-electron chi connectivity index (χ2n) is 5.36. The van der Waals surface area contributed by atoms with Gasteiger partial charge in [0.25, 0.3) is 0 Å². The van der Waals surface area contributed by atoms with Crippen molar-refractivity contribution in [3.63, 3.8) is 0 Å². The lowest BCUT2D eigenvalue weighted by Gasteiger charge is -2.29. The van der Waals surface area contributed by atoms with Gasteiger partial charge in [0.2, 0.25) is 10.0 Å². The molecule has 0 aliphatic heterocycles. The minimum atomic E-state index is -3.60. The van der Waals surface area contributed by atoms with E-state index >= 15 is 0 Å². The zero-order chi connectivity index (χ0) is 14.3. The zero-order valence-electron chi connectivity index (χ0n) is 11.1. The summed E-state index contributed by atoms with van der Waals surface area (Å²) in [6.45, 7) is 3.85. The molecule has 1 fully saturated rings. The van der Waals surface area contributed by atoms with E-state index in [2.05, 4.69) is 4.72 Å². The standard InChI is InChI=1S/C13H19ClN2O2S/c1-9-11(14)4-3-5-12(9)19(17,18)16-13(2,8-15)10-6-7-10/h3-5,10,16H,6-8,15H2,1-2H3. The summed E-state index contributed by atoms with van der Waals surface area (Å²) in [7, 11) is -3.60. The molecule has 19 heavy (non-hydrogen) atoms. The molecule has 1 aromatic rings. The lowest BCUT2D eigenvalue weighted by molar-refractivity contribution is 0.374. The van der Waals surface area contributed by atoms with Crippen LogP contribution < -0.4 is 10.5 Å². The number of rotatable bonds is 5. The van der Waals surface area contributed by atoms with Crippen molar-refractivity contribution >= 4 is 21.6 Å². The average molecular weight is 303 g/mol. The lowest BCUT2D eigenvalue weighted by atomic mass is 9.98. The van der Waals surface area contributed by atoms with E-state index in [0.717, 1.165) is 12.8 Å². The maximum absolute atomic E-state index is 12.5. The van der Waals surface area contributed by atoms with Gasteiger partial charge in [-0.3, -0.25) is 0 Å². The van der Waals surface area contributed by atoms with E-state index in [9.17, 15) is 8.42 Å². The molecule has 0 bridgehead atoms. The molecule has 4 nitrogen and oxygen atoms in total. The molecule has 0 saturated heterocycles. The van der Waals surface area contributed by atoms with Gasteiger partial charge in [0.15, 0.2) is 0 Å². The molecule has 0 heterocycles. The number of halogens is 1. The Morgan fingerprint density at radius 3 is 2.63 bits per heavy atom. The van der Waals surface area contributed by atoms with Crippen LogP contribution in [0.2, 0.25) is 5.02 Å². The van der Waals surface area contributed by atoms with Crippen molar-refractivity contribution in [2.75, 3.05) is 6.54 Å². The van der Waals surface area contributed by atoms with Crippen molar-refractivity contribution in [1.29, 1.82) is 0 Å². The molecule has 0 spiro atoms. The maximum atomic E-state index is 12.5. The molecule has 6 heteroatoms. The number of sulfonamides is 1. The fraction of sp³-hybridized carbons (Fsp3) is 0.538. The van der Waals surface area contributed by atoms with E-state index < -0.39 is 15.6 Å². The van der Waals surface area contributed by atoms with Gasteiger partial charge >= 0.3 is 0 Å². The van der Waals surface area contributed by atoms with Gasteiger partial charge in [-0.15, -0.1) is 0 Å². The molecule has 1 atom stereocenters. The first-order valence-corrected chi connectivity index (χ1v) is 8.15. The third kappa shape index (κ3) is 2.94. The van der Waals surface area contributed by atoms with Gasteiger partial charge in [0, 0.05) is 17.1 Å². The van der Waals surface area contributed by atoms with E-state index in [1.807, 2.05) is 6.92 Å². The highest BCUT2D eigenvalue weighted by molar-refractivity contribution is 7.89. The lowest BCUT2D eigenvalue weighted by Crippen LogP contribution is -2.53. The molecule has 1 aliphatic rings. The first kappa shape index (κ1) is 14.8. The Balaban J connectivity index is 2.35. The molecular weight excluding hydrogens is 284 g/mol. The van der Waals surface area contributed by atoms with Crippen LogP contribution in [0.5, 0.6) is 0 Å². The smallest absolute Gasteiger partial charge is 0.241 e. The van der Waals surface area contributed by atoms with Crippen LogP contribution in [0.3, 0.4) is 0 Å². The molecule has 1 saturated carbocycles. The number of nitrogens with one attached hydrogen (secondary N) is 1. The summed E-state index contributed by atoms with van der Waals surface area (Å²) in [6.07, 6.45) is 2.04. The summed E-state index contributed by atoms with van der Waals surface area (Å²) in [5.74, 6) is 0.326. The largest absolute Gasteiger partial charge is 0.329 e. The Morgan fingerprint density at radius 1 is 1.47 bits per heavy atom. The number of benzene rings is 1. The third-order valence-corrected chi connectivity index (χ3v) is 5.94. The van der Waals surface area contributed by atoms with E-state index in [0.29, 0.717) is 16.5 Å². The van der Waals surface area contributed by atoms with Gasteiger partial charge in [-0.1, -0.05) is 17.7 Å². The van der Waals surface area contributed by atoms with E-state index in [1.54, 1.807) is 25.1 Å². The van der Waals surface area contributed by atoms with Crippen molar-refractivity contribution in [3.8, 4) is 0 Å². The molecule has 3 N–H and O–H groups in total. The summed E-state index contributed by atoms with van der Waals surface area (Å²) in [5.41, 5.74) is 5.73. The highest BCUT2D eigenvalue weighted by atomic mass is 35.5. The molecule has 1 aromatic carbocycles. The second-order valence-corrected chi connectivity index (χ2v) is 7.42. The van der Waals surface area contributed by atoms with Crippen LogP contribution in [-0.4, -0.2) is 20.5 Å². The number of nitrogens with two attached hydrogens (primary N) is 1. The molecule has 2 rings (SSSR count). The minimum Gasteiger partial charge on any atom is -0.329 e. The summed E-state index contributed by atoms with van der Waals surface area (Å²) in [5, 5.41) is 0.448. The Hall–Kier alpha value is -0.620. The normalized spacial score (nSPS) is 19.2. The monoisotopic (exact) mass is 302 g/mol. The molecule has 0 aromatic heterocycles. The van der Waals surface area contributed by atoms with Gasteiger partial charge in [-0.25, -0.2) is 13.1 Å². The highest BCUT2D eigenvalue weighted by Crippen LogP contribution is 2.40. The van der Waals surface area contributed by atoms with E-state index in [-0.39, 0.29) is 11.4 Å². The van der Waals surface area contributed by atoms with Crippen LogP contribution in [0.1, 0.15) is 25.3 Å². The summed E-state index contributed by atoms with van der Waals surface area (Å²) < 4.78 is 27.7. The van der Waals surface area contributed by atoms with Crippen molar-refractivity contribution in [3.05, 3.63) is 28.8 Å². The number of hydrogen-bond donors (Lipinski definition) is 2. The second kappa shape index (κ2) is 5.05. The highest BCUT2D eigenvalue weighted by Gasteiger charge is 2.43. The van der Waals surface area contributed by atoms with E-state index in [1.165, 1.54) is 0 Å². The van der Waals surface area contributed by atoms with Crippen molar-refractivity contribution < 1.29 is 8.42 Å². The van der Waals surface area contributed by atoms with Gasteiger partial charge in [-0.05, 0) is 50.3 Å². The van der Waals surface area contributed by atoms with Gasteiger partial charge < -0.3 is 5.73 Å². The predicted molar refractivity (Wildman–Crippen MR) is 76.7 cm³/mol. The van der Waals surface area contributed by atoms with Gasteiger partial charge in [0.05, 0.1) is 4.90 Å². The van der Waals surface area contributed by atoms with E-state index in [4.69, 9.17) is 17.3 Å². The Kier molecular flexibility index (Phi) is 3.93. The van der Waals surface area contributed by atoms with Crippen LogP contribution in [0.25, 0.3) is 0 Å². The SMILES string of the molecule is Cc1c(Cl)cccc1S(=O)(=O)NC(C)(CN)C1CC1. The maximum Gasteiger partial charge on any atom is 0.241 e. The van der Waals surface area contributed by atoms with Crippen LogP contribution in [-0.2, 0) is 10.0 Å². The number of hydrogen-bond acceptors (Lipinski definition) is 3. The van der Waals surface area contributed by atoms with Gasteiger partial charge in [0.1, 0.15) is 0 Å². The molecule has 106 valence electrons. The van der Waals surface area contributed by atoms with Crippen LogP contribution in [0.4, 0.5) is 0 Å². The topological polar surface area (TPSA) is 72.2 Å². The van der Waals surface area contributed by atoms with Gasteiger partial charge in [-0.2, -0.15) is 0 Å². The summed E-state index contributed by atoms with van der Waals surface area (Å²) in [4.78, 5) is 0.223. The molecule has 0 amide bonds. The van der Waals surface area contributed by atoms with Crippen LogP contribution in [0.15, 0.2) is 23.1 Å². The fourth-order valence-corrected chi connectivity index (χ4v) is 4.23. The van der Waals surface area contributed by atoms with Crippen molar-refractivity contribution in [2.24, 2.45) is 11.7 Å². The van der Waals surface area contributed by atoms with Crippen molar-refractivity contribution in [2.45, 2.75) is 37.1 Å². The summed E-state index contributed by atoms with van der Waals surface area (Å²) in [6, 6.07) is 4.88. The zero-order valence-corrected chi connectivity index (χ0v) is 12.7. The Bertz CT molecular complexity index is 584. The van der Waals surface area contributed by atoms with Crippen LogP contribution >= 0.6 is 11.6 Å². The Labute approximate surface area is 119 Å². The first-order chi connectivity index (χ1) is 8.80. The van der Waals surface area contributed by atoms with Crippen molar-refractivity contribution in [1.82, 2.24) is 4.72 Å². The fourth-order valence-electron chi connectivity index (χ4n) is 2.25. The molecule has 1 aliphatic carbocycles. The summed E-state index contributed by atoms with van der Waals surface area (Å²) >= 11 is 5.98. The first-order valence-electron chi connectivity index (χ1n) is 6.29. The van der Waals surface area contributed by atoms with Crippen LogP contribution in [0, 0.1) is 12.8 Å². The predicted octanol–water partition coefficient (Wildman–Crippen LogP) is 2.05. The minimum absolute atomic E-state index is 0.223.